The Balaban J connectivity index is 3.12. The summed E-state index contributed by atoms with van der Waals surface area (Å²) in [6.07, 6.45) is -0.359. The maximum absolute atomic E-state index is 13.7. The highest BCUT2D eigenvalue weighted by Gasteiger charge is 2.31. The second-order valence-corrected chi connectivity index (χ2v) is 4.24. The number of rotatable bonds is 3. The van der Waals surface area contributed by atoms with E-state index < -0.39 is 64.3 Å². The van der Waals surface area contributed by atoms with E-state index in [0.29, 0.717) is 0 Å². The topological polar surface area (TPSA) is 49.7 Å². The van der Waals surface area contributed by atoms with Gasteiger partial charge in [0.15, 0.2) is 34.8 Å². The van der Waals surface area contributed by atoms with Crippen LogP contribution >= 0.6 is 0 Å². The molecule has 0 aliphatic heterocycles. The molecule has 0 heterocycles. The molecular weight excluding hydrogens is 317 g/mol. The Morgan fingerprint density at radius 3 is 1.73 bits per heavy atom. The van der Waals surface area contributed by atoms with E-state index in [4.69, 9.17) is 10.0 Å². The molecule has 0 saturated carbocycles. The lowest BCUT2D eigenvalue weighted by molar-refractivity contribution is 0.280. The monoisotopic (exact) mass is 324 g/mol. The summed E-state index contributed by atoms with van der Waals surface area (Å²) in [6, 6.07) is 0. The molecule has 2 N–H and O–H groups in total. The molecule has 10 heteroatoms. The summed E-state index contributed by atoms with van der Waals surface area (Å²) in [5.74, 6) is -13.6. The van der Waals surface area contributed by atoms with Crippen LogP contribution in [-0.2, 0) is 6.42 Å². The SMILES string of the molecule is CCc1c(F)c(F)c(F)c2c(F)c(F)c(F)c(OB(O)O)c12. The van der Waals surface area contributed by atoms with Crippen molar-refractivity contribution in [2.75, 3.05) is 0 Å². The Morgan fingerprint density at radius 1 is 0.773 bits per heavy atom. The van der Waals surface area contributed by atoms with Crippen LogP contribution in [0.5, 0.6) is 5.75 Å². The number of benzene rings is 2. The molecule has 0 aliphatic carbocycles. The average molecular weight is 324 g/mol. The Kier molecular flexibility index (Phi) is 4.25. The molecule has 0 spiro atoms. The highest BCUT2D eigenvalue weighted by Crippen LogP contribution is 2.39. The van der Waals surface area contributed by atoms with E-state index in [9.17, 15) is 26.3 Å². The largest absolute Gasteiger partial charge is 0.707 e. The van der Waals surface area contributed by atoms with Crippen molar-refractivity contribution in [3.05, 3.63) is 40.5 Å². The van der Waals surface area contributed by atoms with Gasteiger partial charge in [-0.1, -0.05) is 6.92 Å². The molecule has 0 atom stereocenters. The second kappa shape index (κ2) is 5.69. The Labute approximate surface area is 119 Å². The molecule has 0 unspecified atom stereocenters. The minimum atomic E-state index is -2.68. The average Bonchev–Trinajstić information content (AvgIpc) is 2.46. The van der Waals surface area contributed by atoms with Crippen LogP contribution in [0, 0.1) is 34.9 Å². The van der Waals surface area contributed by atoms with Crippen molar-refractivity contribution in [1.82, 2.24) is 0 Å². The van der Waals surface area contributed by atoms with Crippen molar-refractivity contribution in [3.63, 3.8) is 0 Å². The molecular formula is C12H7BF6O3. The van der Waals surface area contributed by atoms with Crippen molar-refractivity contribution in [2.24, 2.45) is 0 Å². The first-order valence-electron chi connectivity index (χ1n) is 5.90. The molecule has 3 nitrogen and oxygen atoms in total. The van der Waals surface area contributed by atoms with E-state index in [1.807, 2.05) is 0 Å². The van der Waals surface area contributed by atoms with Gasteiger partial charge in [-0.3, -0.25) is 0 Å². The zero-order chi connectivity index (χ0) is 16.8. The number of fused-ring (bicyclic) bond motifs is 1. The highest BCUT2D eigenvalue weighted by atomic mass is 19.2. The van der Waals surface area contributed by atoms with Gasteiger partial charge in [0.05, 0.1) is 5.39 Å². The normalized spacial score (nSPS) is 11.1. The molecule has 2 aromatic carbocycles. The van der Waals surface area contributed by atoms with E-state index in [0.717, 1.165) is 0 Å². The first-order chi connectivity index (χ1) is 10.2. The summed E-state index contributed by atoms with van der Waals surface area (Å²) in [4.78, 5) is 0. The Bertz CT molecular complexity index is 757. The van der Waals surface area contributed by atoms with Gasteiger partial charge < -0.3 is 14.7 Å². The summed E-state index contributed by atoms with van der Waals surface area (Å²) in [5.41, 5.74) is -0.706. The number of halogens is 6. The van der Waals surface area contributed by atoms with Crippen LogP contribution in [0.1, 0.15) is 12.5 Å². The minimum absolute atomic E-state index is 0.359. The second-order valence-electron chi connectivity index (χ2n) is 4.24. The zero-order valence-electron chi connectivity index (χ0n) is 10.9. The van der Waals surface area contributed by atoms with Gasteiger partial charge in [0.2, 0.25) is 5.82 Å². The summed E-state index contributed by atoms with van der Waals surface area (Å²) in [6.45, 7) is 1.26. The standard InChI is InChI=1S/C12H7BF6O3/c1-2-3-4-5(7(15)9(17)6(3)14)8(16)10(18)11(19)12(4)22-13(20)21/h20-21H,2H2,1H3. The van der Waals surface area contributed by atoms with Crippen molar-refractivity contribution in [2.45, 2.75) is 13.3 Å². The van der Waals surface area contributed by atoms with Gasteiger partial charge in [0, 0.05) is 10.9 Å². The fourth-order valence-electron chi connectivity index (χ4n) is 2.13. The molecule has 0 bridgehead atoms. The van der Waals surface area contributed by atoms with Crippen LogP contribution in [0.4, 0.5) is 26.3 Å². The Morgan fingerprint density at radius 2 is 1.27 bits per heavy atom. The van der Waals surface area contributed by atoms with Gasteiger partial charge in [-0.25, -0.2) is 22.0 Å². The molecule has 0 fully saturated rings. The van der Waals surface area contributed by atoms with Gasteiger partial charge in [-0.05, 0) is 6.42 Å². The van der Waals surface area contributed by atoms with E-state index in [2.05, 4.69) is 4.65 Å². The van der Waals surface area contributed by atoms with Crippen LogP contribution in [0.15, 0.2) is 0 Å². The van der Waals surface area contributed by atoms with Crippen molar-refractivity contribution in [3.8, 4) is 5.75 Å². The van der Waals surface area contributed by atoms with Crippen LogP contribution in [0.25, 0.3) is 10.8 Å². The molecule has 0 aromatic heterocycles. The van der Waals surface area contributed by atoms with E-state index in [-0.39, 0.29) is 6.42 Å². The summed E-state index contributed by atoms with van der Waals surface area (Å²) in [7, 11) is -2.68. The lowest BCUT2D eigenvalue weighted by Gasteiger charge is -2.16. The molecule has 0 aliphatic rings. The zero-order valence-corrected chi connectivity index (χ0v) is 10.9. The maximum atomic E-state index is 13.7. The number of hydrogen-bond donors (Lipinski definition) is 2. The summed E-state index contributed by atoms with van der Waals surface area (Å²) >= 11 is 0. The smallest absolute Gasteiger partial charge is 0.509 e. The summed E-state index contributed by atoms with van der Waals surface area (Å²) in [5, 5.41) is 15.1. The third-order valence-electron chi connectivity index (χ3n) is 3.03. The third-order valence-corrected chi connectivity index (χ3v) is 3.03. The highest BCUT2D eigenvalue weighted by molar-refractivity contribution is 6.34. The predicted molar refractivity (Wildman–Crippen MR) is 63.9 cm³/mol. The van der Waals surface area contributed by atoms with Gasteiger partial charge in [0.1, 0.15) is 0 Å². The first-order valence-corrected chi connectivity index (χ1v) is 5.90. The minimum Gasteiger partial charge on any atom is -0.509 e. The molecule has 2 aromatic rings. The molecule has 118 valence electrons. The van der Waals surface area contributed by atoms with Gasteiger partial charge in [0.25, 0.3) is 0 Å². The van der Waals surface area contributed by atoms with Gasteiger partial charge in [-0.15, -0.1) is 0 Å². The fourth-order valence-corrected chi connectivity index (χ4v) is 2.13. The van der Waals surface area contributed by atoms with Gasteiger partial charge >= 0.3 is 7.32 Å². The molecule has 22 heavy (non-hydrogen) atoms. The van der Waals surface area contributed by atoms with Crippen LogP contribution in [-0.4, -0.2) is 17.4 Å². The number of hydrogen-bond acceptors (Lipinski definition) is 3. The van der Waals surface area contributed by atoms with Crippen LogP contribution in [0.2, 0.25) is 0 Å². The Hall–Kier alpha value is -1.94. The lowest BCUT2D eigenvalue weighted by atomic mass is 9.98. The molecule has 0 saturated heterocycles. The van der Waals surface area contributed by atoms with Crippen LogP contribution in [0.3, 0.4) is 0 Å². The quantitative estimate of drug-likeness (QED) is 0.518. The van der Waals surface area contributed by atoms with Crippen molar-refractivity contribution >= 4 is 18.1 Å². The maximum Gasteiger partial charge on any atom is 0.707 e. The van der Waals surface area contributed by atoms with Crippen molar-refractivity contribution in [1.29, 1.82) is 0 Å². The van der Waals surface area contributed by atoms with Gasteiger partial charge in [-0.2, -0.15) is 4.39 Å². The fraction of sp³-hybridized carbons (Fsp3) is 0.167. The van der Waals surface area contributed by atoms with E-state index >= 15 is 0 Å². The third kappa shape index (κ3) is 2.28. The van der Waals surface area contributed by atoms with Crippen LogP contribution < -0.4 is 4.65 Å². The number of aryl methyl sites for hydroxylation is 1. The van der Waals surface area contributed by atoms with E-state index in [1.54, 1.807) is 0 Å². The predicted octanol–water partition coefficient (Wildman–Crippen LogP) is 2.59. The summed E-state index contributed by atoms with van der Waals surface area (Å²) < 4.78 is 86.0. The molecule has 0 radical (unpaired) electrons. The van der Waals surface area contributed by atoms with Crippen molar-refractivity contribution < 1.29 is 41.0 Å². The first kappa shape index (κ1) is 16.4. The lowest BCUT2D eigenvalue weighted by Crippen LogP contribution is -2.22. The molecule has 2 rings (SSSR count). The van der Waals surface area contributed by atoms with E-state index in [1.165, 1.54) is 6.92 Å². The molecule has 0 amide bonds.